The zero-order valence-electron chi connectivity index (χ0n) is 15.5. The first-order valence-corrected chi connectivity index (χ1v) is 9.68. The van der Waals surface area contributed by atoms with E-state index in [-0.39, 0.29) is 11.6 Å². The molecule has 0 aliphatic rings. The molecule has 1 N–H and O–H groups in total. The predicted molar refractivity (Wildman–Crippen MR) is 105 cm³/mol. The van der Waals surface area contributed by atoms with E-state index in [1.54, 1.807) is 13.0 Å². The van der Waals surface area contributed by atoms with Crippen LogP contribution in [0.15, 0.2) is 50.6 Å². The van der Waals surface area contributed by atoms with Crippen molar-refractivity contribution in [2.75, 3.05) is 11.1 Å². The third-order valence-electron chi connectivity index (χ3n) is 4.01. The van der Waals surface area contributed by atoms with Gasteiger partial charge in [-0.2, -0.15) is 0 Å². The Kier molecular flexibility index (Phi) is 5.17. The predicted octanol–water partition coefficient (Wildman–Crippen LogP) is 3.33. The number of benzene rings is 1. The van der Waals surface area contributed by atoms with Gasteiger partial charge in [-0.3, -0.25) is 9.59 Å². The second-order valence-electron chi connectivity index (χ2n) is 6.19. The van der Waals surface area contributed by atoms with Crippen molar-refractivity contribution in [1.82, 2.24) is 15.1 Å². The Morgan fingerprint density at radius 3 is 2.90 bits per heavy atom. The summed E-state index contributed by atoms with van der Waals surface area (Å²) < 4.78 is 15.9. The fourth-order valence-electron chi connectivity index (χ4n) is 2.67. The molecule has 4 aromatic rings. The summed E-state index contributed by atoms with van der Waals surface area (Å²) in [6.07, 6.45) is 0.435. The molecule has 0 unspecified atom stereocenters. The Morgan fingerprint density at radius 1 is 1.28 bits per heavy atom. The number of aromatic nitrogens is 3. The summed E-state index contributed by atoms with van der Waals surface area (Å²) in [5.41, 5.74) is 1.89. The van der Waals surface area contributed by atoms with E-state index in [0.29, 0.717) is 27.5 Å². The molecule has 0 saturated carbocycles. The Balaban J connectivity index is 1.38. The van der Waals surface area contributed by atoms with Gasteiger partial charge in [0.15, 0.2) is 17.5 Å². The normalized spacial score (nSPS) is 12.2. The number of hydrogen-bond donors (Lipinski definition) is 1. The van der Waals surface area contributed by atoms with Crippen LogP contribution in [0, 0.1) is 6.92 Å². The number of nitrogens with one attached hydrogen (secondary N) is 1. The molecule has 1 aromatic carbocycles. The van der Waals surface area contributed by atoms with Gasteiger partial charge in [-0.1, -0.05) is 29.1 Å². The Bertz CT molecular complexity index is 1200. The monoisotopic (exact) mass is 412 g/mol. The number of ether oxygens (including phenoxy) is 1. The summed E-state index contributed by atoms with van der Waals surface area (Å²) in [6.45, 7) is 3.18. The Labute approximate surface area is 168 Å². The number of aryl methyl sites for hydroxylation is 1. The van der Waals surface area contributed by atoms with E-state index in [1.807, 2.05) is 24.3 Å². The molecule has 0 fully saturated rings. The molecule has 0 radical (unpaired) electrons. The molecule has 0 aliphatic carbocycles. The van der Waals surface area contributed by atoms with E-state index in [4.69, 9.17) is 13.7 Å². The Hall–Kier alpha value is -3.40. The zero-order valence-corrected chi connectivity index (χ0v) is 16.4. The highest BCUT2D eigenvalue weighted by Crippen LogP contribution is 2.32. The third-order valence-corrected chi connectivity index (χ3v) is 4.95. The lowest BCUT2D eigenvalue weighted by atomic mass is 10.2. The fourth-order valence-corrected chi connectivity index (χ4v) is 3.38. The molecule has 4 rings (SSSR count). The molecule has 29 heavy (non-hydrogen) atoms. The molecular weight excluding hydrogens is 396 g/mol. The van der Waals surface area contributed by atoms with Crippen molar-refractivity contribution in [3.8, 4) is 0 Å². The van der Waals surface area contributed by atoms with Crippen LogP contribution in [-0.4, -0.2) is 38.9 Å². The summed E-state index contributed by atoms with van der Waals surface area (Å²) in [6, 6.07) is 9.09. The number of nitrogens with zero attached hydrogens (tertiary/aromatic N) is 3. The molecule has 0 saturated heterocycles. The number of furan rings is 1. The van der Waals surface area contributed by atoms with Gasteiger partial charge in [0.1, 0.15) is 28.2 Å². The van der Waals surface area contributed by atoms with Gasteiger partial charge in [-0.25, -0.2) is 9.97 Å². The van der Waals surface area contributed by atoms with E-state index in [1.165, 1.54) is 13.3 Å². The van der Waals surface area contributed by atoms with Gasteiger partial charge in [-0.15, -0.1) is 0 Å². The lowest BCUT2D eigenvalue weighted by molar-refractivity contribution is -0.150. The standard InChI is InChI=1S/C19H16N4O5S/c1-10-7-14(23-28-10)22-18(25)11(2)26-15(24)8-29-19-17-16(20-9-21-19)12-5-3-4-6-13(12)27-17/h3-7,9,11H,8H2,1-2H3,(H,22,23,25)/t11-/m0/s1. The second-order valence-corrected chi connectivity index (χ2v) is 7.15. The van der Waals surface area contributed by atoms with E-state index in [2.05, 4.69) is 20.4 Å². The van der Waals surface area contributed by atoms with Gasteiger partial charge in [0.25, 0.3) is 5.91 Å². The van der Waals surface area contributed by atoms with E-state index >= 15 is 0 Å². The summed E-state index contributed by atoms with van der Waals surface area (Å²) in [4.78, 5) is 32.7. The molecule has 0 spiro atoms. The van der Waals surface area contributed by atoms with Crippen LogP contribution in [0.5, 0.6) is 0 Å². The maximum Gasteiger partial charge on any atom is 0.317 e. The number of rotatable bonds is 6. The van der Waals surface area contributed by atoms with Crippen molar-refractivity contribution in [2.45, 2.75) is 25.0 Å². The first-order valence-electron chi connectivity index (χ1n) is 8.70. The molecule has 3 aromatic heterocycles. The molecule has 0 bridgehead atoms. The maximum atomic E-state index is 12.2. The van der Waals surface area contributed by atoms with Crippen LogP contribution in [0.2, 0.25) is 0 Å². The number of amides is 1. The first-order chi connectivity index (χ1) is 14.0. The van der Waals surface area contributed by atoms with Crippen LogP contribution in [0.1, 0.15) is 12.7 Å². The second kappa shape index (κ2) is 7.92. The number of esters is 1. The SMILES string of the molecule is Cc1cc(NC(=O)[C@H](C)OC(=O)CSc2ncnc3c2oc2ccccc23)no1. The van der Waals surface area contributed by atoms with Crippen molar-refractivity contribution in [1.29, 1.82) is 0 Å². The summed E-state index contributed by atoms with van der Waals surface area (Å²) in [7, 11) is 0. The molecule has 10 heteroatoms. The van der Waals surface area contributed by atoms with Crippen molar-refractivity contribution in [3.05, 3.63) is 42.4 Å². The number of carbonyl (C=O) groups excluding carboxylic acids is 2. The van der Waals surface area contributed by atoms with Gasteiger partial charge >= 0.3 is 5.97 Å². The third kappa shape index (κ3) is 4.06. The maximum absolute atomic E-state index is 12.2. The van der Waals surface area contributed by atoms with Crippen molar-refractivity contribution in [3.63, 3.8) is 0 Å². The number of fused-ring (bicyclic) bond motifs is 3. The molecule has 1 amide bonds. The van der Waals surface area contributed by atoms with Crippen LogP contribution in [0.25, 0.3) is 22.1 Å². The molecule has 148 valence electrons. The van der Waals surface area contributed by atoms with Crippen LogP contribution in [0.4, 0.5) is 5.82 Å². The van der Waals surface area contributed by atoms with Gasteiger partial charge in [-0.05, 0) is 26.0 Å². The zero-order chi connectivity index (χ0) is 20.4. The average Bonchev–Trinajstić information content (AvgIpc) is 3.29. The van der Waals surface area contributed by atoms with Crippen LogP contribution in [-0.2, 0) is 14.3 Å². The van der Waals surface area contributed by atoms with Crippen molar-refractivity contribution >= 4 is 51.5 Å². The molecule has 1 atom stereocenters. The fraction of sp³-hybridized carbons (Fsp3) is 0.211. The largest absolute Gasteiger partial charge is 0.452 e. The minimum atomic E-state index is -0.989. The molecular formula is C19H16N4O5S. The average molecular weight is 412 g/mol. The minimum absolute atomic E-state index is 0.0379. The Morgan fingerprint density at radius 2 is 2.10 bits per heavy atom. The van der Waals surface area contributed by atoms with Crippen LogP contribution in [0.3, 0.4) is 0 Å². The lowest BCUT2D eigenvalue weighted by Crippen LogP contribution is -2.30. The number of hydrogen-bond acceptors (Lipinski definition) is 9. The highest BCUT2D eigenvalue weighted by molar-refractivity contribution is 8.00. The number of para-hydroxylation sites is 1. The molecule has 3 heterocycles. The summed E-state index contributed by atoms with van der Waals surface area (Å²) in [5, 5.41) is 7.59. The van der Waals surface area contributed by atoms with Crippen LogP contribution >= 0.6 is 11.8 Å². The van der Waals surface area contributed by atoms with Gasteiger partial charge < -0.3 is 19.0 Å². The summed E-state index contributed by atoms with van der Waals surface area (Å²) >= 11 is 1.16. The van der Waals surface area contributed by atoms with Gasteiger partial charge in [0.05, 0.1) is 5.75 Å². The van der Waals surface area contributed by atoms with Crippen molar-refractivity contribution in [2.24, 2.45) is 0 Å². The lowest BCUT2D eigenvalue weighted by Gasteiger charge is -2.11. The number of carbonyl (C=O) groups is 2. The van der Waals surface area contributed by atoms with E-state index in [0.717, 1.165) is 17.1 Å². The van der Waals surface area contributed by atoms with Crippen LogP contribution < -0.4 is 5.32 Å². The van der Waals surface area contributed by atoms with E-state index < -0.39 is 18.0 Å². The highest BCUT2D eigenvalue weighted by atomic mass is 32.2. The number of thioether (sulfide) groups is 1. The van der Waals surface area contributed by atoms with Gasteiger partial charge in [0, 0.05) is 11.5 Å². The van der Waals surface area contributed by atoms with Gasteiger partial charge in [0.2, 0.25) is 0 Å². The quantitative estimate of drug-likeness (QED) is 0.289. The number of anilines is 1. The van der Waals surface area contributed by atoms with Crippen molar-refractivity contribution < 1.29 is 23.3 Å². The molecule has 9 nitrogen and oxygen atoms in total. The highest BCUT2D eigenvalue weighted by Gasteiger charge is 2.20. The first kappa shape index (κ1) is 18.9. The smallest absolute Gasteiger partial charge is 0.317 e. The molecule has 0 aliphatic heterocycles. The van der Waals surface area contributed by atoms with E-state index in [9.17, 15) is 9.59 Å². The topological polar surface area (TPSA) is 120 Å². The minimum Gasteiger partial charge on any atom is -0.452 e. The summed E-state index contributed by atoms with van der Waals surface area (Å²) in [5.74, 6) is -0.277.